The van der Waals surface area contributed by atoms with Crippen LogP contribution in [-0.4, -0.2) is 47.1 Å². The summed E-state index contributed by atoms with van der Waals surface area (Å²) in [6, 6.07) is 15.0. The van der Waals surface area contributed by atoms with Gasteiger partial charge < -0.3 is 25.8 Å². The number of carbonyl (C=O) groups is 4. The number of aliphatic carboxylic acids is 1. The van der Waals surface area contributed by atoms with Crippen LogP contribution in [0.2, 0.25) is 0 Å². The summed E-state index contributed by atoms with van der Waals surface area (Å²) in [5.74, 6) is -2.32. The summed E-state index contributed by atoms with van der Waals surface area (Å²) in [6.45, 7) is 5.29. The fraction of sp³-hybridized carbons (Fsp3) is 0.385. The van der Waals surface area contributed by atoms with Crippen LogP contribution < -0.4 is 16.0 Å². The lowest BCUT2D eigenvalue weighted by molar-refractivity contribution is -0.142. The number of hydrogen-bond donors (Lipinski definition) is 4. The van der Waals surface area contributed by atoms with Crippen molar-refractivity contribution >= 4 is 23.9 Å². The molecule has 0 aliphatic carbocycles. The Morgan fingerprint density at radius 1 is 0.771 bits per heavy atom. The molecule has 3 amide bonds. The van der Waals surface area contributed by atoms with E-state index in [1.807, 2.05) is 38.1 Å². The largest absolute Gasteiger partial charge is 0.480 e. The maximum absolute atomic E-state index is 12.9. The predicted octanol–water partition coefficient (Wildman–Crippen LogP) is 2.64. The second-order valence-corrected chi connectivity index (χ2v) is 8.71. The molecule has 0 fully saturated rings. The Balaban J connectivity index is 1.95. The lowest BCUT2D eigenvalue weighted by Crippen LogP contribution is -2.55. The minimum absolute atomic E-state index is 0.0440. The molecule has 0 saturated carbocycles. The number of rotatable bonds is 12. The van der Waals surface area contributed by atoms with Gasteiger partial charge in [-0.2, -0.15) is 0 Å². The van der Waals surface area contributed by atoms with Crippen molar-refractivity contribution < 1.29 is 29.0 Å². The number of ether oxygens (including phenoxy) is 1. The van der Waals surface area contributed by atoms with Crippen molar-refractivity contribution in [3.8, 4) is 0 Å². The van der Waals surface area contributed by atoms with E-state index in [-0.39, 0.29) is 18.9 Å². The van der Waals surface area contributed by atoms with Gasteiger partial charge >= 0.3 is 12.1 Å². The quantitative estimate of drug-likeness (QED) is 0.367. The summed E-state index contributed by atoms with van der Waals surface area (Å²) in [5, 5.41) is 17.2. The third-order valence-electron chi connectivity index (χ3n) is 5.18. The van der Waals surface area contributed by atoms with Crippen LogP contribution in [-0.2, 0) is 32.1 Å². The first kappa shape index (κ1) is 27.4. The van der Waals surface area contributed by atoms with Gasteiger partial charge in [-0.15, -0.1) is 0 Å². The van der Waals surface area contributed by atoms with E-state index in [2.05, 4.69) is 16.0 Å². The number of amides is 3. The average Bonchev–Trinajstić information content (AvgIpc) is 2.82. The molecular weight excluding hydrogens is 450 g/mol. The lowest BCUT2D eigenvalue weighted by atomic mass is 10.0. The summed E-state index contributed by atoms with van der Waals surface area (Å²) in [4.78, 5) is 49.4. The van der Waals surface area contributed by atoms with Crippen molar-refractivity contribution in [2.75, 3.05) is 0 Å². The minimum atomic E-state index is -1.17. The van der Waals surface area contributed by atoms with Crippen molar-refractivity contribution in [1.29, 1.82) is 0 Å². The van der Waals surface area contributed by atoms with E-state index in [9.17, 15) is 24.3 Å². The van der Waals surface area contributed by atoms with Gasteiger partial charge in [-0.1, -0.05) is 74.5 Å². The SMILES string of the molecule is CC(C)C[C@H](NC(=O)[C@@H](C)NC(=O)OCc1ccccc1)C(=O)N[C@@H](Cc1ccccc1)C(=O)O. The van der Waals surface area contributed by atoms with Gasteiger partial charge in [0.15, 0.2) is 0 Å². The van der Waals surface area contributed by atoms with Crippen molar-refractivity contribution in [2.45, 2.75) is 58.3 Å². The molecule has 0 bridgehead atoms. The Kier molecular flexibility index (Phi) is 10.7. The second-order valence-electron chi connectivity index (χ2n) is 8.71. The summed E-state index contributed by atoms with van der Waals surface area (Å²) in [6.07, 6.45) is -0.370. The van der Waals surface area contributed by atoms with Crippen LogP contribution in [0.15, 0.2) is 60.7 Å². The molecule has 35 heavy (non-hydrogen) atoms. The summed E-state index contributed by atoms with van der Waals surface area (Å²) in [7, 11) is 0. The summed E-state index contributed by atoms with van der Waals surface area (Å²) < 4.78 is 5.13. The summed E-state index contributed by atoms with van der Waals surface area (Å²) >= 11 is 0. The van der Waals surface area contributed by atoms with E-state index in [4.69, 9.17) is 4.74 Å². The molecule has 2 rings (SSSR count). The number of carboxylic acid groups (broad SMARTS) is 1. The average molecular weight is 484 g/mol. The van der Waals surface area contributed by atoms with Gasteiger partial charge in [0.25, 0.3) is 0 Å². The third-order valence-corrected chi connectivity index (χ3v) is 5.18. The van der Waals surface area contributed by atoms with E-state index >= 15 is 0 Å². The highest BCUT2D eigenvalue weighted by molar-refractivity contribution is 5.92. The molecule has 0 saturated heterocycles. The standard InChI is InChI=1S/C26H33N3O6/c1-17(2)14-21(24(31)29-22(25(32)33)15-19-10-6-4-7-11-19)28-23(30)18(3)27-26(34)35-16-20-12-8-5-9-13-20/h4-13,17-18,21-22H,14-16H2,1-3H3,(H,27,34)(H,28,30)(H,29,31)(H,32,33)/t18-,21+,22+/m1/s1. The maximum Gasteiger partial charge on any atom is 0.408 e. The monoisotopic (exact) mass is 483 g/mol. The highest BCUT2D eigenvalue weighted by atomic mass is 16.5. The van der Waals surface area contributed by atoms with Gasteiger partial charge in [0, 0.05) is 6.42 Å². The molecule has 0 unspecified atom stereocenters. The van der Waals surface area contributed by atoms with Gasteiger partial charge in [0.1, 0.15) is 24.7 Å². The van der Waals surface area contributed by atoms with Crippen LogP contribution in [0, 0.1) is 5.92 Å². The van der Waals surface area contributed by atoms with E-state index < -0.39 is 42.0 Å². The van der Waals surface area contributed by atoms with Crippen molar-refractivity contribution in [3.05, 3.63) is 71.8 Å². The number of carboxylic acids is 1. The topological polar surface area (TPSA) is 134 Å². The van der Waals surface area contributed by atoms with Crippen LogP contribution in [0.3, 0.4) is 0 Å². The zero-order valence-corrected chi connectivity index (χ0v) is 20.2. The molecule has 0 radical (unpaired) electrons. The number of benzene rings is 2. The van der Waals surface area contributed by atoms with E-state index in [0.717, 1.165) is 11.1 Å². The lowest BCUT2D eigenvalue weighted by Gasteiger charge is -2.24. The molecule has 0 aliphatic heterocycles. The van der Waals surface area contributed by atoms with Crippen LogP contribution in [0.4, 0.5) is 4.79 Å². The molecular formula is C26H33N3O6. The molecule has 9 heteroatoms. The van der Waals surface area contributed by atoms with Gasteiger partial charge in [-0.05, 0) is 30.4 Å². The Hall–Kier alpha value is -3.88. The van der Waals surface area contributed by atoms with E-state index in [1.54, 1.807) is 36.4 Å². The molecule has 4 N–H and O–H groups in total. The first-order valence-corrected chi connectivity index (χ1v) is 11.5. The predicted molar refractivity (Wildman–Crippen MR) is 130 cm³/mol. The zero-order valence-electron chi connectivity index (χ0n) is 20.2. The molecule has 0 spiro atoms. The smallest absolute Gasteiger partial charge is 0.408 e. The fourth-order valence-electron chi connectivity index (χ4n) is 3.33. The molecule has 0 heterocycles. The van der Waals surface area contributed by atoms with Gasteiger partial charge in [-0.3, -0.25) is 9.59 Å². The van der Waals surface area contributed by atoms with Gasteiger partial charge in [0.2, 0.25) is 11.8 Å². The minimum Gasteiger partial charge on any atom is -0.480 e. The van der Waals surface area contributed by atoms with E-state index in [1.165, 1.54) is 6.92 Å². The number of hydrogen-bond acceptors (Lipinski definition) is 5. The molecule has 9 nitrogen and oxygen atoms in total. The molecule has 0 aromatic heterocycles. The van der Waals surface area contributed by atoms with Crippen LogP contribution in [0.1, 0.15) is 38.3 Å². The van der Waals surface area contributed by atoms with Crippen molar-refractivity contribution in [1.82, 2.24) is 16.0 Å². The summed E-state index contributed by atoms with van der Waals surface area (Å²) in [5.41, 5.74) is 1.56. The number of nitrogens with one attached hydrogen (secondary N) is 3. The third kappa shape index (κ3) is 9.87. The molecule has 0 aliphatic rings. The van der Waals surface area contributed by atoms with Crippen molar-refractivity contribution in [2.24, 2.45) is 5.92 Å². The first-order valence-electron chi connectivity index (χ1n) is 11.5. The molecule has 2 aromatic carbocycles. The second kappa shape index (κ2) is 13.7. The maximum atomic E-state index is 12.9. The van der Waals surface area contributed by atoms with Crippen LogP contribution >= 0.6 is 0 Å². The van der Waals surface area contributed by atoms with Crippen molar-refractivity contribution in [3.63, 3.8) is 0 Å². The van der Waals surface area contributed by atoms with Gasteiger partial charge in [-0.25, -0.2) is 9.59 Å². The number of carbonyl (C=O) groups excluding carboxylic acids is 3. The normalized spacial score (nSPS) is 13.3. The molecule has 188 valence electrons. The molecule has 3 atom stereocenters. The highest BCUT2D eigenvalue weighted by Gasteiger charge is 2.29. The Morgan fingerprint density at radius 2 is 1.31 bits per heavy atom. The van der Waals surface area contributed by atoms with Crippen LogP contribution in [0.5, 0.6) is 0 Å². The van der Waals surface area contributed by atoms with Crippen LogP contribution in [0.25, 0.3) is 0 Å². The zero-order chi connectivity index (χ0) is 25.8. The van der Waals surface area contributed by atoms with E-state index in [0.29, 0.717) is 6.42 Å². The fourth-order valence-corrected chi connectivity index (χ4v) is 3.33. The Bertz CT molecular complexity index is 981. The Morgan fingerprint density at radius 3 is 1.86 bits per heavy atom. The molecule has 2 aromatic rings. The highest BCUT2D eigenvalue weighted by Crippen LogP contribution is 2.08. The Labute approximate surface area is 205 Å². The number of alkyl carbamates (subject to hydrolysis) is 1. The van der Waals surface area contributed by atoms with Gasteiger partial charge in [0.05, 0.1) is 0 Å². The first-order chi connectivity index (χ1) is 16.7.